The highest BCUT2D eigenvalue weighted by Gasteiger charge is 2.22. The summed E-state index contributed by atoms with van der Waals surface area (Å²) < 4.78 is 6.75. The zero-order valence-corrected chi connectivity index (χ0v) is 19.8. The molecule has 0 bridgehead atoms. The second-order valence-electron chi connectivity index (χ2n) is 9.67. The quantitative estimate of drug-likeness (QED) is 0.630. The van der Waals surface area contributed by atoms with E-state index in [1.807, 2.05) is 32.1 Å². The van der Waals surface area contributed by atoms with Crippen molar-refractivity contribution in [1.29, 1.82) is 0 Å². The smallest absolute Gasteiger partial charge is 0.407 e. The van der Waals surface area contributed by atoms with Gasteiger partial charge in [0.2, 0.25) is 0 Å². The highest BCUT2D eigenvalue weighted by Crippen LogP contribution is 2.31. The fraction of sp³-hybridized carbons (Fsp3) is 0.560. The summed E-state index contributed by atoms with van der Waals surface area (Å²) in [6, 6.07) is 9.11. The van der Waals surface area contributed by atoms with Crippen LogP contribution in [0.25, 0.3) is 10.1 Å². The number of piperazine rings is 1. The van der Waals surface area contributed by atoms with Gasteiger partial charge < -0.3 is 15.0 Å². The van der Waals surface area contributed by atoms with Crippen LogP contribution >= 0.6 is 11.3 Å². The summed E-state index contributed by atoms with van der Waals surface area (Å²) in [5.41, 5.74) is 2.48. The molecule has 1 atom stereocenters. The van der Waals surface area contributed by atoms with Gasteiger partial charge in [-0.15, -0.1) is 11.3 Å². The minimum absolute atomic E-state index is 0.196. The molecule has 1 aliphatic heterocycles. The van der Waals surface area contributed by atoms with Crippen molar-refractivity contribution in [1.82, 2.24) is 10.2 Å². The van der Waals surface area contributed by atoms with Crippen molar-refractivity contribution in [3.8, 4) is 0 Å². The summed E-state index contributed by atoms with van der Waals surface area (Å²) in [5, 5.41) is 6.59. The zero-order chi connectivity index (χ0) is 21.8. The first-order valence-electron chi connectivity index (χ1n) is 11.5. The van der Waals surface area contributed by atoms with Crippen LogP contribution in [0.5, 0.6) is 0 Å². The molecular weight excluding hydrogens is 406 g/mol. The number of amides is 1. The van der Waals surface area contributed by atoms with Gasteiger partial charge in [0, 0.05) is 54.5 Å². The fourth-order valence-corrected chi connectivity index (χ4v) is 5.30. The minimum Gasteiger partial charge on any atom is -0.444 e. The van der Waals surface area contributed by atoms with Gasteiger partial charge in [-0.25, -0.2) is 4.79 Å². The van der Waals surface area contributed by atoms with E-state index in [-0.39, 0.29) is 12.1 Å². The fourth-order valence-electron chi connectivity index (χ4n) is 4.49. The summed E-state index contributed by atoms with van der Waals surface area (Å²) in [6.07, 6.45) is 6.15. The predicted octanol–water partition coefficient (Wildman–Crippen LogP) is 5.42. The lowest BCUT2D eigenvalue weighted by atomic mass is 9.93. The largest absolute Gasteiger partial charge is 0.444 e. The maximum absolute atomic E-state index is 12.0. The third kappa shape index (κ3) is 6.01. The van der Waals surface area contributed by atoms with Crippen LogP contribution in [-0.2, 0) is 4.74 Å². The lowest BCUT2D eigenvalue weighted by Gasteiger charge is -2.36. The Kier molecular flexibility index (Phi) is 6.87. The monoisotopic (exact) mass is 441 g/mol. The normalized spacial score (nSPS) is 20.5. The molecule has 0 spiro atoms. The number of anilines is 1. The predicted molar refractivity (Wildman–Crippen MR) is 130 cm³/mol. The average Bonchev–Trinajstić information content (AvgIpc) is 3.21. The van der Waals surface area contributed by atoms with E-state index in [9.17, 15) is 4.79 Å². The molecule has 4 rings (SSSR count). The number of thiophene rings is 1. The molecule has 5 nitrogen and oxygen atoms in total. The first-order valence-corrected chi connectivity index (χ1v) is 12.4. The summed E-state index contributed by atoms with van der Waals surface area (Å²) in [5.74, 6) is 0. The van der Waals surface area contributed by atoms with E-state index >= 15 is 0 Å². The van der Waals surface area contributed by atoms with Crippen molar-refractivity contribution < 1.29 is 9.53 Å². The topological polar surface area (TPSA) is 44.8 Å². The lowest BCUT2D eigenvalue weighted by molar-refractivity contribution is 0.0501. The number of benzene rings is 1. The molecule has 1 aromatic carbocycles. The standard InChI is InChI=1S/C25H35N3O2S/c1-25(2,3)30-24(29)26-20-9-7-19(8-10-20)11-13-27-14-16-28(17-15-27)22-5-4-6-23-21(22)12-18-31-23/h4-7,12,18,20H,8-11,13-17H2,1-3H3,(H,26,29). The molecule has 31 heavy (non-hydrogen) atoms. The van der Waals surface area contributed by atoms with Gasteiger partial charge in [0.15, 0.2) is 0 Å². The lowest BCUT2D eigenvalue weighted by Crippen LogP contribution is -2.46. The molecule has 1 N–H and O–H groups in total. The second-order valence-corrected chi connectivity index (χ2v) is 10.6. The van der Waals surface area contributed by atoms with Gasteiger partial charge in [0.25, 0.3) is 0 Å². The van der Waals surface area contributed by atoms with E-state index in [0.29, 0.717) is 0 Å². The number of fused-ring (bicyclic) bond motifs is 1. The van der Waals surface area contributed by atoms with Crippen molar-refractivity contribution in [2.45, 2.75) is 58.1 Å². The van der Waals surface area contributed by atoms with Crippen molar-refractivity contribution in [3.05, 3.63) is 41.3 Å². The molecule has 168 valence electrons. The minimum atomic E-state index is -0.444. The first kappa shape index (κ1) is 22.2. The van der Waals surface area contributed by atoms with Gasteiger partial charge in [-0.3, -0.25) is 4.90 Å². The van der Waals surface area contributed by atoms with E-state index in [0.717, 1.165) is 58.4 Å². The highest BCUT2D eigenvalue weighted by atomic mass is 32.1. The van der Waals surface area contributed by atoms with Crippen molar-refractivity contribution in [2.24, 2.45) is 0 Å². The van der Waals surface area contributed by atoms with E-state index in [1.165, 1.54) is 21.3 Å². The maximum atomic E-state index is 12.0. The van der Waals surface area contributed by atoms with Gasteiger partial charge in [0.05, 0.1) is 0 Å². The van der Waals surface area contributed by atoms with Gasteiger partial charge in [-0.2, -0.15) is 0 Å². The Hall–Kier alpha value is -2.05. The Labute approximate surface area is 190 Å². The average molecular weight is 442 g/mol. The van der Waals surface area contributed by atoms with Crippen molar-refractivity contribution in [2.75, 3.05) is 37.6 Å². The number of nitrogens with zero attached hydrogens (tertiary/aromatic N) is 2. The molecule has 1 fully saturated rings. The molecule has 2 heterocycles. The molecule has 1 saturated heterocycles. The number of hydrogen-bond donors (Lipinski definition) is 1. The molecule has 1 amide bonds. The molecular formula is C25H35N3O2S. The molecule has 1 aromatic heterocycles. The summed E-state index contributed by atoms with van der Waals surface area (Å²) >= 11 is 1.82. The van der Waals surface area contributed by atoms with Crippen LogP contribution in [-0.4, -0.2) is 55.4 Å². The van der Waals surface area contributed by atoms with Crippen LogP contribution in [0, 0.1) is 0 Å². The molecule has 0 saturated carbocycles. The van der Waals surface area contributed by atoms with Crippen LogP contribution in [0.1, 0.15) is 46.5 Å². The Morgan fingerprint density at radius 2 is 2.00 bits per heavy atom. The van der Waals surface area contributed by atoms with Crippen LogP contribution in [0.2, 0.25) is 0 Å². The SMILES string of the molecule is CC(C)(C)OC(=O)NC1CC=C(CCN2CCN(c3cccc4sccc34)CC2)CC1. The Morgan fingerprint density at radius 3 is 2.71 bits per heavy atom. The zero-order valence-electron chi connectivity index (χ0n) is 19.0. The van der Waals surface area contributed by atoms with E-state index in [4.69, 9.17) is 4.74 Å². The van der Waals surface area contributed by atoms with Gasteiger partial charge in [0.1, 0.15) is 5.60 Å². The molecule has 2 aliphatic rings. The third-order valence-corrected chi connectivity index (χ3v) is 7.04. The number of carbonyl (C=O) groups excluding carboxylic acids is 1. The Balaban J connectivity index is 1.20. The number of hydrogen-bond acceptors (Lipinski definition) is 5. The molecule has 2 aromatic rings. The van der Waals surface area contributed by atoms with Crippen LogP contribution in [0.15, 0.2) is 41.3 Å². The number of alkyl carbamates (subject to hydrolysis) is 1. The number of nitrogens with one attached hydrogen (secondary N) is 1. The number of ether oxygens (including phenoxy) is 1. The summed E-state index contributed by atoms with van der Waals surface area (Å²) in [7, 11) is 0. The van der Waals surface area contributed by atoms with E-state index < -0.39 is 5.60 Å². The van der Waals surface area contributed by atoms with Crippen molar-refractivity contribution in [3.63, 3.8) is 0 Å². The summed E-state index contributed by atoms with van der Waals surface area (Å²) in [6.45, 7) is 11.3. The number of carbonyl (C=O) groups is 1. The molecule has 1 unspecified atom stereocenters. The van der Waals surface area contributed by atoms with E-state index in [1.54, 1.807) is 0 Å². The Morgan fingerprint density at radius 1 is 1.19 bits per heavy atom. The number of rotatable bonds is 5. The van der Waals surface area contributed by atoms with Crippen LogP contribution in [0.3, 0.4) is 0 Å². The van der Waals surface area contributed by atoms with Crippen LogP contribution < -0.4 is 10.2 Å². The third-order valence-electron chi connectivity index (χ3n) is 6.16. The van der Waals surface area contributed by atoms with Gasteiger partial charge in [-0.1, -0.05) is 17.7 Å². The van der Waals surface area contributed by atoms with Gasteiger partial charge in [-0.05, 0) is 70.0 Å². The van der Waals surface area contributed by atoms with Gasteiger partial charge >= 0.3 is 6.09 Å². The Bertz CT molecular complexity index is 922. The maximum Gasteiger partial charge on any atom is 0.407 e. The van der Waals surface area contributed by atoms with Crippen LogP contribution in [0.4, 0.5) is 10.5 Å². The second kappa shape index (κ2) is 9.61. The first-order chi connectivity index (χ1) is 14.9. The van der Waals surface area contributed by atoms with E-state index in [2.05, 4.69) is 50.8 Å². The molecule has 0 radical (unpaired) electrons. The molecule has 6 heteroatoms. The highest BCUT2D eigenvalue weighted by molar-refractivity contribution is 7.17. The summed E-state index contributed by atoms with van der Waals surface area (Å²) in [4.78, 5) is 17.1. The van der Waals surface area contributed by atoms with Crippen molar-refractivity contribution >= 4 is 33.2 Å². The molecule has 1 aliphatic carbocycles.